The van der Waals surface area contributed by atoms with Gasteiger partial charge in [-0.05, 0) is 12.0 Å². The molecule has 2 aromatic rings. The second kappa shape index (κ2) is 9.86. The smallest absolute Gasteiger partial charge is 0.475 e. The summed E-state index contributed by atoms with van der Waals surface area (Å²) in [6.45, 7) is 4.84. The zero-order valence-electron chi connectivity index (χ0n) is 16.2. The van der Waals surface area contributed by atoms with Crippen LogP contribution in [0.25, 0.3) is 0 Å². The molecule has 30 heavy (non-hydrogen) atoms. The number of carboxylic acid groups (broad SMARTS) is 1. The average Bonchev–Trinajstić information content (AvgIpc) is 3.16. The molecule has 2 atom stereocenters. The number of hydrogen-bond acceptors (Lipinski definition) is 6. The Morgan fingerprint density at radius 1 is 1.17 bits per heavy atom. The molecule has 2 aliphatic heterocycles. The first-order valence-electron chi connectivity index (χ1n) is 9.54. The summed E-state index contributed by atoms with van der Waals surface area (Å²) >= 11 is 0. The predicted octanol–water partition coefficient (Wildman–Crippen LogP) is 2.24. The molecule has 10 heteroatoms. The van der Waals surface area contributed by atoms with Crippen LogP contribution in [0.15, 0.2) is 49.1 Å². The lowest BCUT2D eigenvalue weighted by atomic mass is 10.1. The van der Waals surface area contributed by atoms with Gasteiger partial charge in [-0.25, -0.2) is 14.8 Å². The van der Waals surface area contributed by atoms with Crippen molar-refractivity contribution in [3.63, 3.8) is 0 Å². The molecule has 3 heterocycles. The number of anilines is 1. The maximum Gasteiger partial charge on any atom is 0.490 e. The third-order valence-corrected chi connectivity index (χ3v) is 5.06. The molecule has 0 spiro atoms. The Kier molecular flexibility index (Phi) is 7.22. The number of ether oxygens (including phenoxy) is 1. The van der Waals surface area contributed by atoms with Crippen LogP contribution in [0.2, 0.25) is 0 Å². The molecular weight excluding hydrogens is 401 g/mol. The quantitative estimate of drug-likeness (QED) is 0.807. The van der Waals surface area contributed by atoms with Gasteiger partial charge in [0, 0.05) is 26.2 Å². The van der Waals surface area contributed by atoms with Gasteiger partial charge in [0.05, 0.1) is 36.8 Å². The van der Waals surface area contributed by atoms with Crippen molar-refractivity contribution in [1.29, 1.82) is 0 Å². The molecule has 0 aliphatic carbocycles. The molecule has 0 radical (unpaired) electrons. The Labute approximate surface area is 172 Å². The van der Waals surface area contributed by atoms with E-state index in [0.717, 1.165) is 44.9 Å². The van der Waals surface area contributed by atoms with Crippen LogP contribution >= 0.6 is 0 Å². The number of carbonyl (C=O) groups is 1. The van der Waals surface area contributed by atoms with Crippen molar-refractivity contribution < 1.29 is 27.8 Å². The number of halogens is 3. The molecule has 162 valence electrons. The van der Waals surface area contributed by atoms with Crippen molar-refractivity contribution in [2.45, 2.75) is 24.7 Å². The van der Waals surface area contributed by atoms with E-state index in [9.17, 15) is 13.2 Å². The van der Waals surface area contributed by atoms with Gasteiger partial charge >= 0.3 is 12.1 Å². The maximum atomic E-state index is 10.6. The summed E-state index contributed by atoms with van der Waals surface area (Å²) in [5.41, 5.74) is 2.51. The molecule has 0 amide bonds. The van der Waals surface area contributed by atoms with Gasteiger partial charge in [-0.3, -0.25) is 4.90 Å². The third kappa shape index (κ3) is 5.90. The van der Waals surface area contributed by atoms with E-state index in [-0.39, 0.29) is 0 Å². The maximum absolute atomic E-state index is 10.6. The van der Waals surface area contributed by atoms with Gasteiger partial charge in [-0.15, -0.1) is 0 Å². The van der Waals surface area contributed by atoms with Crippen molar-refractivity contribution in [2.75, 3.05) is 37.7 Å². The minimum atomic E-state index is -5.08. The van der Waals surface area contributed by atoms with Crippen LogP contribution in [0.1, 0.15) is 5.56 Å². The van der Waals surface area contributed by atoms with Gasteiger partial charge in [0.2, 0.25) is 0 Å². The molecule has 1 aromatic heterocycles. The van der Waals surface area contributed by atoms with Crippen LogP contribution in [0.4, 0.5) is 18.9 Å². The van der Waals surface area contributed by atoms with E-state index in [4.69, 9.17) is 14.6 Å². The van der Waals surface area contributed by atoms with Crippen LogP contribution < -0.4 is 4.90 Å². The highest BCUT2D eigenvalue weighted by Crippen LogP contribution is 2.27. The predicted molar refractivity (Wildman–Crippen MR) is 103 cm³/mol. The summed E-state index contributed by atoms with van der Waals surface area (Å²) in [4.78, 5) is 22.2. The topological polar surface area (TPSA) is 78.8 Å². The normalized spacial score (nSPS) is 21.5. The molecule has 0 unspecified atom stereocenters. The molecule has 2 saturated heterocycles. The second-order valence-electron chi connectivity index (χ2n) is 7.06. The van der Waals surface area contributed by atoms with Gasteiger partial charge in [-0.1, -0.05) is 30.3 Å². The average molecular weight is 424 g/mol. The summed E-state index contributed by atoms with van der Waals surface area (Å²) in [5.74, 6) is -2.76. The lowest BCUT2D eigenvalue weighted by molar-refractivity contribution is -0.192. The highest BCUT2D eigenvalue weighted by Gasteiger charge is 2.40. The molecule has 2 fully saturated rings. The fourth-order valence-corrected chi connectivity index (χ4v) is 3.64. The van der Waals surface area contributed by atoms with Gasteiger partial charge in [-0.2, -0.15) is 13.2 Å². The SMILES string of the molecule is O=C(O)C(F)(F)F.c1ccc(CCN2C[C@@H]3OCCN(c4cncnc4)[C@@H]3C2)cc1. The van der Waals surface area contributed by atoms with E-state index < -0.39 is 12.1 Å². The molecule has 4 rings (SSSR count). The van der Waals surface area contributed by atoms with Gasteiger partial charge < -0.3 is 14.7 Å². The number of fused-ring (bicyclic) bond motifs is 1. The highest BCUT2D eigenvalue weighted by atomic mass is 19.4. The number of rotatable bonds is 4. The first-order valence-corrected chi connectivity index (χ1v) is 9.54. The second-order valence-corrected chi connectivity index (χ2v) is 7.06. The Morgan fingerprint density at radius 2 is 1.83 bits per heavy atom. The van der Waals surface area contributed by atoms with Crippen LogP contribution in [-0.2, 0) is 16.0 Å². The Bertz CT molecular complexity index is 808. The summed E-state index contributed by atoms with van der Waals surface area (Å²) in [7, 11) is 0. The Balaban J connectivity index is 0.000000318. The monoisotopic (exact) mass is 424 g/mol. The molecule has 7 nitrogen and oxygen atoms in total. The molecule has 0 saturated carbocycles. The number of aliphatic carboxylic acids is 1. The summed E-state index contributed by atoms with van der Waals surface area (Å²) in [6, 6.07) is 11.1. The lowest BCUT2D eigenvalue weighted by Gasteiger charge is -2.38. The van der Waals surface area contributed by atoms with Crippen molar-refractivity contribution in [3.8, 4) is 0 Å². The molecule has 1 N–H and O–H groups in total. The number of aromatic nitrogens is 2. The van der Waals surface area contributed by atoms with Crippen molar-refractivity contribution in [1.82, 2.24) is 14.9 Å². The van der Waals surface area contributed by atoms with Crippen LogP contribution in [0.3, 0.4) is 0 Å². The van der Waals surface area contributed by atoms with Gasteiger partial charge in [0.1, 0.15) is 6.33 Å². The minimum absolute atomic E-state index is 0.291. The van der Waals surface area contributed by atoms with Crippen molar-refractivity contribution in [3.05, 3.63) is 54.6 Å². The summed E-state index contributed by atoms with van der Waals surface area (Å²) < 4.78 is 37.7. The van der Waals surface area contributed by atoms with E-state index >= 15 is 0 Å². The number of carboxylic acids is 1. The highest BCUT2D eigenvalue weighted by molar-refractivity contribution is 5.73. The van der Waals surface area contributed by atoms with Crippen LogP contribution in [-0.4, -0.2) is 77.1 Å². The zero-order chi connectivity index (χ0) is 21.6. The molecular formula is C20H23F3N4O3. The lowest BCUT2D eigenvalue weighted by Crippen LogP contribution is -2.51. The van der Waals surface area contributed by atoms with Gasteiger partial charge in [0.25, 0.3) is 0 Å². The van der Waals surface area contributed by atoms with Crippen molar-refractivity contribution in [2.24, 2.45) is 0 Å². The first-order chi connectivity index (χ1) is 14.3. The first kappa shape index (κ1) is 22.0. The van der Waals surface area contributed by atoms with E-state index in [1.165, 1.54) is 5.56 Å². The number of nitrogens with zero attached hydrogens (tertiary/aromatic N) is 4. The van der Waals surface area contributed by atoms with Crippen LogP contribution in [0.5, 0.6) is 0 Å². The number of alkyl halides is 3. The van der Waals surface area contributed by atoms with E-state index in [1.54, 1.807) is 6.33 Å². The number of likely N-dealkylation sites (tertiary alicyclic amines) is 1. The van der Waals surface area contributed by atoms with Crippen LogP contribution in [0, 0.1) is 0 Å². The fraction of sp³-hybridized carbons (Fsp3) is 0.450. The largest absolute Gasteiger partial charge is 0.490 e. The third-order valence-electron chi connectivity index (χ3n) is 5.06. The molecule has 1 aromatic carbocycles. The van der Waals surface area contributed by atoms with E-state index in [2.05, 4.69) is 50.1 Å². The fourth-order valence-electron chi connectivity index (χ4n) is 3.64. The number of morpholine rings is 1. The van der Waals surface area contributed by atoms with Crippen molar-refractivity contribution >= 4 is 11.7 Å². The van der Waals surface area contributed by atoms with E-state index in [0.29, 0.717) is 12.1 Å². The Morgan fingerprint density at radius 3 is 2.47 bits per heavy atom. The van der Waals surface area contributed by atoms with Gasteiger partial charge in [0.15, 0.2) is 0 Å². The molecule has 2 aliphatic rings. The number of hydrogen-bond donors (Lipinski definition) is 1. The summed E-state index contributed by atoms with van der Waals surface area (Å²) in [5, 5.41) is 7.12. The number of benzene rings is 1. The molecule has 0 bridgehead atoms. The Hall–Kier alpha value is -2.72. The summed E-state index contributed by atoms with van der Waals surface area (Å²) in [6.07, 6.45) is 1.70. The zero-order valence-corrected chi connectivity index (χ0v) is 16.2. The standard InChI is InChI=1S/C18H22N4O.C2HF3O2/c1-2-4-15(5-3-1)6-7-21-12-17-18(13-21)23-9-8-22(17)16-10-19-14-20-11-16;3-2(4,5)1(6)7/h1-5,10-11,14,17-18H,6-9,12-13H2;(H,6,7)/t17-,18+;/m1./s1. The minimum Gasteiger partial charge on any atom is -0.475 e. The van der Waals surface area contributed by atoms with E-state index in [1.807, 2.05) is 12.4 Å².